The Kier molecular flexibility index (Phi) is 5.98. The van der Waals surface area contributed by atoms with Crippen molar-refractivity contribution in [1.82, 2.24) is 29.3 Å². The van der Waals surface area contributed by atoms with Crippen molar-refractivity contribution in [3.05, 3.63) is 42.0 Å². The Morgan fingerprint density at radius 2 is 2.12 bits per heavy atom. The lowest BCUT2D eigenvalue weighted by Crippen LogP contribution is -2.40. The molecule has 1 amide bonds. The lowest BCUT2D eigenvalue weighted by molar-refractivity contribution is 0.0696. The minimum atomic E-state index is -0.0343. The first-order valence-electron chi connectivity index (χ1n) is 9.28. The Morgan fingerprint density at radius 1 is 1.27 bits per heavy atom. The lowest BCUT2D eigenvalue weighted by Gasteiger charge is -2.32. The largest absolute Gasteiger partial charge is 0.337 e. The minimum Gasteiger partial charge on any atom is -0.337 e. The molecule has 1 saturated heterocycles. The zero-order valence-electron chi connectivity index (χ0n) is 15.9. The third-order valence-electron chi connectivity index (χ3n) is 4.83. The molecule has 140 valence electrons. The molecule has 0 saturated carbocycles. The van der Waals surface area contributed by atoms with E-state index in [0.717, 1.165) is 50.4 Å². The van der Waals surface area contributed by atoms with Crippen molar-refractivity contribution in [1.29, 1.82) is 0 Å². The fourth-order valence-corrected chi connectivity index (χ4v) is 3.46. The molecule has 0 unspecified atom stereocenters. The Morgan fingerprint density at radius 3 is 2.85 bits per heavy atom. The van der Waals surface area contributed by atoms with Crippen LogP contribution in [0.5, 0.6) is 0 Å². The van der Waals surface area contributed by atoms with Crippen molar-refractivity contribution in [2.24, 2.45) is 0 Å². The monoisotopic (exact) mass is 356 g/mol. The molecular weight excluding hydrogens is 328 g/mol. The molecule has 1 aliphatic heterocycles. The van der Waals surface area contributed by atoms with Crippen molar-refractivity contribution in [2.75, 3.05) is 33.7 Å². The van der Waals surface area contributed by atoms with Gasteiger partial charge in [-0.25, -0.2) is 9.97 Å². The maximum absolute atomic E-state index is 12.7. The average Bonchev–Trinajstić information content (AvgIpc) is 3.10. The number of carbonyl (C=O) groups excluding carboxylic acids is 1. The number of piperidine rings is 1. The number of imidazole rings is 1. The van der Waals surface area contributed by atoms with E-state index < -0.39 is 0 Å². The van der Waals surface area contributed by atoms with E-state index in [2.05, 4.69) is 44.7 Å². The van der Waals surface area contributed by atoms with Crippen molar-refractivity contribution in [3.8, 4) is 0 Å². The first kappa shape index (κ1) is 18.5. The third kappa shape index (κ3) is 4.46. The van der Waals surface area contributed by atoms with Crippen molar-refractivity contribution >= 4 is 5.91 Å². The molecule has 2 aromatic heterocycles. The number of hydrogen-bond acceptors (Lipinski definition) is 5. The number of rotatable bonds is 6. The molecule has 7 heteroatoms. The standard InChI is InChI=1S/C19H28N6O/c1-15-12-22-17(13-21-15)19(26)25-9-4-6-16(14-25)18-20-7-11-24(18)10-5-8-23(2)3/h7,11-13,16H,4-6,8-10,14H2,1-3H3/t16-/m1/s1. The number of amides is 1. The van der Waals surface area contributed by atoms with Crippen LogP contribution in [0.2, 0.25) is 0 Å². The molecule has 7 nitrogen and oxygen atoms in total. The third-order valence-corrected chi connectivity index (χ3v) is 4.83. The quantitative estimate of drug-likeness (QED) is 0.791. The van der Waals surface area contributed by atoms with E-state index in [0.29, 0.717) is 12.2 Å². The van der Waals surface area contributed by atoms with Gasteiger partial charge in [-0.15, -0.1) is 0 Å². The smallest absolute Gasteiger partial charge is 0.274 e. The summed E-state index contributed by atoms with van der Waals surface area (Å²) in [4.78, 5) is 29.9. The van der Waals surface area contributed by atoms with Gasteiger partial charge in [-0.05, 0) is 46.8 Å². The van der Waals surface area contributed by atoms with Gasteiger partial charge in [0.1, 0.15) is 11.5 Å². The van der Waals surface area contributed by atoms with Crippen LogP contribution in [-0.2, 0) is 6.54 Å². The summed E-state index contributed by atoms with van der Waals surface area (Å²) < 4.78 is 2.24. The molecule has 26 heavy (non-hydrogen) atoms. The number of likely N-dealkylation sites (tertiary alicyclic amines) is 1. The van der Waals surface area contributed by atoms with E-state index in [1.54, 1.807) is 12.4 Å². The second kappa shape index (κ2) is 8.40. The van der Waals surface area contributed by atoms with Gasteiger partial charge in [-0.2, -0.15) is 0 Å². The molecule has 0 aromatic carbocycles. The highest BCUT2D eigenvalue weighted by molar-refractivity contribution is 5.92. The highest BCUT2D eigenvalue weighted by Crippen LogP contribution is 2.26. The molecule has 3 rings (SSSR count). The van der Waals surface area contributed by atoms with Gasteiger partial charge in [0.05, 0.1) is 11.9 Å². The number of aromatic nitrogens is 4. The van der Waals surface area contributed by atoms with Gasteiger partial charge in [0.15, 0.2) is 0 Å². The first-order valence-corrected chi connectivity index (χ1v) is 9.28. The number of aryl methyl sites for hydroxylation is 2. The number of hydrogen-bond donors (Lipinski definition) is 0. The van der Waals surface area contributed by atoms with Crippen molar-refractivity contribution < 1.29 is 4.79 Å². The van der Waals surface area contributed by atoms with Gasteiger partial charge >= 0.3 is 0 Å². The lowest BCUT2D eigenvalue weighted by atomic mass is 9.96. The van der Waals surface area contributed by atoms with E-state index in [-0.39, 0.29) is 11.8 Å². The average molecular weight is 356 g/mol. The molecule has 1 atom stereocenters. The fourth-order valence-electron chi connectivity index (χ4n) is 3.46. The van der Waals surface area contributed by atoms with Gasteiger partial charge in [0.2, 0.25) is 0 Å². The second-order valence-electron chi connectivity index (χ2n) is 7.27. The van der Waals surface area contributed by atoms with Crippen LogP contribution in [0.15, 0.2) is 24.8 Å². The summed E-state index contributed by atoms with van der Waals surface area (Å²) in [5.74, 6) is 1.34. The molecular formula is C19H28N6O. The second-order valence-corrected chi connectivity index (χ2v) is 7.27. The summed E-state index contributed by atoms with van der Waals surface area (Å²) in [6.07, 6.45) is 10.3. The van der Waals surface area contributed by atoms with Crippen LogP contribution in [0.1, 0.15) is 47.2 Å². The van der Waals surface area contributed by atoms with Crippen LogP contribution >= 0.6 is 0 Å². The summed E-state index contributed by atoms with van der Waals surface area (Å²) >= 11 is 0. The van der Waals surface area contributed by atoms with Crippen LogP contribution in [0, 0.1) is 6.92 Å². The molecule has 1 aliphatic rings. The molecule has 2 aromatic rings. The van der Waals surface area contributed by atoms with E-state index in [4.69, 9.17) is 0 Å². The minimum absolute atomic E-state index is 0.0343. The molecule has 3 heterocycles. The summed E-state index contributed by atoms with van der Waals surface area (Å²) in [5.41, 5.74) is 1.24. The van der Waals surface area contributed by atoms with Gasteiger partial charge in [0.25, 0.3) is 5.91 Å². The summed E-state index contributed by atoms with van der Waals surface area (Å²) in [6.45, 7) is 5.35. The fraction of sp³-hybridized carbons (Fsp3) is 0.579. The van der Waals surface area contributed by atoms with Gasteiger partial charge in [-0.3, -0.25) is 9.78 Å². The Balaban J connectivity index is 1.66. The summed E-state index contributed by atoms with van der Waals surface area (Å²) in [5, 5.41) is 0. The Labute approximate surface area is 155 Å². The van der Waals surface area contributed by atoms with E-state index in [9.17, 15) is 4.79 Å². The Bertz CT molecular complexity index is 724. The van der Waals surface area contributed by atoms with Crippen molar-refractivity contribution in [2.45, 2.75) is 38.6 Å². The number of nitrogens with zero attached hydrogens (tertiary/aromatic N) is 6. The van der Waals surface area contributed by atoms with Gasteiger partial charge < -0.3 is 14.4 Å². The van der Waals surface area contributed by atoms with Crippen LogP contribution in [0.25, 0.3) is 0 Å². The highest BCUT2D eigenvalue weighted by Gasteiger charge is 2.28. The normalized spacial score (nSPS) is 17.7. The molecule has 0 spiro atoms. The van der Waals surface area contributed by atoms with E-state index >= 15 is 0 Å². The zero-order chi connectivity index (χ0) is 18.5. The molecule has 0 N–H and O–H groups in total. The molecule has 1 fully saturated rings. The zero-order valence-corrected chi connectivity index (χ0v) is 15.9. The predicted molar refractivity (Wildman–Crippen MR) is 100 cm³/mol. The van der Waals surface area contributed by atoms with E-state index in [1.165, 1.54) is 0 Å². The predicted octanol–water partition coefficient (Wildman–Crippen LogP) is 1.95. The maximum Gasteiger partial charge on any atom is 0.274 e. The first-order chi connectivity index (χ1) is 12.5. The summed E-state index contributed by atoms with van der Waals surface area (Å²) in [6, 6.07) is 0. The SMILES string of the molecule is Cc1cnc(C(=O)N2CCC[C@@H](c3nccn3CCCN(C)C)C2)cn1. The van der Waals surface area contributed by atoms with Crippen molar-refractivity contribution in [3.63, 3.8) is 0 Å². The van der Waals surface area contributed by atoms with Gasteiger partial charge in [-0.1, -0.05) is 0 Å². The topological polar surface area (TPSA) is 67.2 Å². The van der Waals surface area contributed by atoms with Crippen LogP contribution in [0.3, 0.4) is 0 Å². The highest BCUT2D eigenvalue weighted by atomic mass is 16.2. The molecule has 0 radical (unpaired) electrons. The van der Waals surface area contributed by atoms with Gasteiger partial charge in [0, 0.05) is 44.1 Å². The summed E-state index contributed by atoms with van der Waals surface area (Å²) in [7, 11) is 4.18. The molecule has 0 aliphatic carbocycles. The van der Waals surface area contributed by atoms with Crippen LogP contribution < -0.4 is 0 Å². The maximum atomic E-state index is 12.7. The van der Waals surface area contributed by atoms with E-state index in [1.807, 2.05) is 18.0 Å². The molecule has 0 bridgehead atoms. The van der Waals surface area contributed by atoms with Crippen LogP contribution in [-0.4, -0.2) is 69.0 Å². The Hall–Kier alpha value is -2.28. The number of carbonyl (C=O) groups is 1. The van der Waals surface area contributed by atoms with Crippen LogP contribution in [0.4, 0.5) is 0 Å².